The first-order valence-corrected chi connectivity index (χ1v) is 7.34. The fourth-order valence-corrected chi connectivity index (χ4v) is 3.01. The fraction of sp³-hybridized carbons (Fsp3) is 0.250. The van der Waals surface area contributed by atoms with Crippen molar-refractivity contribution in [2.75, 3.05) is 18.0 Å². The summed E-state index contributed by atoms with van der Waals surface area (Å²) in [6.07, 6.45) is 5.72. The Kier molecular flexibility index (Phi) is 3.15. The highest BCUT2D eigenvalue weighted by Crippen LogP contribution is 2.30. The summed E-state index contributed by atoms with van der Waals surface area (Å²) in [6.45, 7) is 1.58. The Bertz CT molecular complexity index is 912. The molecule has 1 aliphatic rings. The molecule has 0 N–H and O–H groups in total. The lowest BCUT2D eigenvalue weighted by Gasteiger charge is -2.19. The van der Waals surface area contributed by atoms with Gasteiger partial charge in [-0.2, -0.15) is 10.4 Å². The minimum Gasteiger partial charge on any atom is -0.354 e. The van der Waals surface area contributed by atoms with E-state index < -0.39 is 0 Å². The fourth-order valence-electron chi connectivity index (χ4n) is 3.01. The van der Waals surface area contributed by atoms with Crippen molar-refractivity contribution in [1.29, 1.82) is 5.26 Å². The van der Waals surface area contributed by atoms with Crippen LogP contribution < -0.4 is 4.90 Å². The molecule has 23 heavy (non-hydrogen) atoms. The lowest BCUT2D eigenvalue weighted by Crippen LogP contribution is -2.22. The summed E-state index contributed by atoms with van der Waals surface area (Å²) in [4.78, 5) is 10.7. The summed E-state index contributed by atoms with van der Waals surface area (Å²) >= 11 is 0. The first kappa shape index (κ1) is 13.6. The number of halogens is 1. The van der Waals surface area contributed by atoms with E-state index in [1.165, 1.54) is 18.5 Å². The molecule has 1 aromatic carbocycles. The molecule has 1 saturated heterocycles. The van der Waals surface area contributed by atoms with Crippen molar-refractivity contribution in [3.8, 4) is 6.07 Å². The standard InChI is InChI=1S/C16H13FN6/c17-12-1-2-14-15(5-12)19-10-20-16(14)22-4-3-13(9-22)23-8-11(6-18)7-21-23/h1-2,5,7-8,10,13H,3-4,9H2. The van der Waals surface area contributed by atoms with E-state index in [4.69, 9.17) is 5.26 Å². The SMILES string of the molecule is N#Cc1cnn(C2CCN(c3ncnc4cc(F)ccc34)C2)c1. The third-order valence-electron chi connectivity index (χ3n) is 4.15. The quantitative estimate of drug-likeness (QED) is 0.726. The van der Waals surface area contributed by atoms with Crippen LogP contribution in [0.3, 0.4) is 0 Å². The monoisotopic (exact) mass is 308 g/mol. The van der Waals surface area contributed by atoms with E-state index in [9.17, 15) is 4.39 Å². The van der Waals surface area contributed by atoms with Crippen LogP contribution in [0.4, 0.5) is 10.2 Å². The third-order valence-corrected chi connectivity index (χ3v) is 4.15. The summed E-state index contributed by atoms with van der Waals surface area (Å²) in [5.41, 5.74) is 1.16. The molecule has 4 rings (SSSR count). The van der Waals surface area contributed by atoms with Crippen LogP contribution in [-0.4, -0.2) is 32.8 Å². The molecule has 0 spiro atoms. The summed E-state index contributed by atoms with van der Waals surface area (Å²) in [6, 6.07) is 6.85. The Morgan fingerprint density at radius 2 is 2.22 bits per heavy atom. The highest BCUT2D eigenvalue weighted by Gasteiger charge is 2.26. The number of nitrogens with zero attached hydrogens (tertiary/aromatic N) is 6. The van der Waals surface area contributed by atoms with Gasteiger partial charge in [0.05, 0.1) is 23.3 Å². The zero-order chi connectivity index (χ0) is 15.8. The van der Waals surface area contributed by atoms with Crippen molar-refractivity contribution in [2.45, 2.75) is 12.5 Å². The maximum Gasteiger partial charge on any atom is 0.139 e. The van der Waals surface area contributed by atoms with E-state index >= 15 is 0 Å². The molecule has 1 fully saturated rings. The summed E-state index contributed by atoms with van der Waals surface area (Å²) in [5.74, 6) is 0.507. The average Bonchev–Trinajstić information content (AvgIpc) is 3.23. The Labute approximate surface area is 131 Å². The Morgan fingerprint density at radius 3 is 3.04 bits per heavy atom. The predicted octanol–water partition coefficient (Wildman–Crippen LogP) is 2.29. The lowest BCUT2D eigenvalue weighted by molar-refractivity contribution is 0.494. The maximum atomic E-state index is 13.4. The van der Waals surface area contributed by atoms with Gasteiger partial charge in [-0.25, -0.2) is 14.4 Å². The minimum absolute atomic E-state index is 0.197. The van der Waals surface area contributed by atoms with Gasteiger partial charge in [-0.3, -0.25) is 4.68 Å². The predicted molar refractivity (Wildman–Crippen MR) is 82.3 cm³/mol. The van der Waals surface area contributed by atoms with Gasteiger partial charge in [0.1, 0.15) is 24.0 Å². The van der Waals surface area contributed by atoms with E-state index in [2.05, 4.69) is 26.0 Å². The van der Waals surface area contributed by atoms with Crippen LogP contribution >= 0.6 is 0 Å². The molecule has 1 unspecified atom stereocenters. The molecule has 0 aliphatic carbocycles. The lowest BCUT2D eigenvalue weighted by atomic mass is 10.2. The van der Waals surface area contributed by atoms with Gasteiger partial charge in [-0.05, 0) is 18.6 Å². The molecule has 6 nitrogen and oxygen atoms in total. The number of rotatable bonds is 2. The molecule has 0 amide bonds. The Morgan fingerprint density at radius 1 is 1.30 bits per heavy atom. The second kappa shape index (κ2) is 5.32. The number of nitriles is 1. The van der Waals surface area contributed by atoms with E-state index in [-0.39, 0.29) is 11.9 Å². The van der Waals surface area contributed by atoms with Crippen molar-refractivity contribution in [3.63, 3.8) is 0 Å². The van der Waals surface area contributed by atoms with Crippen LogP contribution in [-0.2, 0) is 0 Å². The molecule has 0 radical (unpaired) electrons. The normalized spacial score (nSPS) is 17.6. The molecule has 0 bridgehead atoms. The first-order valence-electron chi connectivity index (χ1n) is 7.34. The van der Waals surface area contributed by atoms with Crippen molar-refractivity contribution >= 4 is 16.7 Å². The van der Waals surface area contributed by atoms with E-state index in [0.717, 1.165) is 30.7 Å². The molecule has 1 aliphatic heterocycles. The van der Waals surface area contributed by atoms with Gasteiger partial charge in [-0.1, -0.05) is 0 Å². The van der Waals surface area contributed by atoms with E-state index in [1.54, 1.807) is 18.5 Å². The van der Waals surface area contributed by atoms with Crippen LogP contribution in [0.25, 0.3) is 10.9 Å². The minimum atomic E-state index is -0.304. The van der Waals surface area contributed by atoms with Gasteiger partial charge >= 0.3 is 0 Å². The molecule has 1 atom stereocenters. The van der Waals surface area contributed by atoms with Gasteiger partial charge in [0.2, 0.25) is 0 Å². The number of hydrogen-bond acceptors (Lipinski definition) is 5. The van der Waals surface area contributed by atoms with Crippen molar-refractivity contribution in [3.05, 3.63) is 48.3 Å². The van der Waals surface area contributed by atoms with E-state index in [0.29, 0.717) is 11.1 Å². The van der Waals surface area contributed by atoms with E-state index in [1.807, 2.05) is 4.68 Å². The average molecular weight is 308 g/mol. The van der Waals surface area contributed by atoms with Gasteiger partial charge < -0.3 is 4.90 Å². The summed E-state index contributed by atoms with van der Waals surface area (Å²) in [5, 5.41) is 14.0. The molecular formula is C16H13FN6. The number of anilines is 1. The van der Waals surface area contributed by atoms with Gasteiger partial charge in [0.15, 0.2) is 0 Å². The molecule has 2 aromatic heterocycles. The molecule has 3 aromatic rings. The van der Waals surface area contributed by atoms with Crippen molar-refractivity contribution in [2.24, 2.45) is 0 Å². The van der Waals surface area contributed by atoms with Crippen molar-refractivity contribution < 1.29 is 4.39 Å². The zero-order valence-corrected chi connectivity index (χ0v) is 12.2. The largest absolute Gasteiger partial charge is 0.354 e. The summed E-state index contributed by atoms with van der Waals surface area (Å²) < 4.78 is 15.2. The molecule has 114 valence electrons. The first-order chi connectivity index (χ1) is 11.2. The Balaban J connectivity index is 1.64. The number of benzene rings is 1. The Hall–Kier alpha value is -3.01. The van der Waals surface area contributed by atoms with Gasteiger partial charge in [0.25, 0.3) is 0 Å². The van der Waals surface area contributed by atoms with Crippen LogP contribution in [0.15, 0.2) is 36.9 Å². The molecular weight excluding hydrogens is 295 g/mol. The van der Waals surface area contributed by atoms with Crippen LogP contribution in [0.1, 0.15) is 18.0 Å². The second-order valence-corrected chi connectivity index (χ2v) is 5.57. The topological polar surface area (TPSA) is 70.6 Å². The molecule has 3 heterocycles. The van der Waals surface area contributed by atoms with Crippen LogP contribution in [0, 0.1) is 17.1 Å². The zero-order valence-electron chi connectivity index (χ0n) is 12.2. The molecule has 0 saturated carbocycles. The highest BCUT2D eigenvalue weighted by atomic mass is 19.1. The van der Waals surface area contributed by atoms with Gasteiger partial charge in [-0.15, -0.1) is 0 Å². The van der Waals surface area contributed by atoms with Crippen LogP contribution in [0.2, 0.25) is 0 Å². The number of aromatic nitrogens is 4. The number of fused-ring (bicyclic) bond motifs is 1. The summed E-state index contributed by atoms with van der Waals surface area (Å²) in [7, 11) is 0. The van der Waals surface area contributed by atoms with Gasteiger partial charge in [0, 0.05) is 30.7 Å². The van der Waals surface area contributed by atoms with Crippen molar-refractivity contribution in [1.82, 2.24) is 19.7 Å². The molecule has 7 heteroatoms. The maximum absolute atomic E-state index is 13.4. The highest BCUT2D eigenvalue weighted by molar-refractivity contribution is 5.89. The second-order valence-electron chi connectivity index (χ2n) is 5.57. The third kappa shape index (κ3) is 2.38. The van der Waals surface area contributed by atoms with Crippen LogP contribution in [0.5, 0.6) is 0 Å². The smallest absolute Gasteiger partial charge is 0.139 e. The number of hydrogen-bond donors (Lipinski definition) is 0.